The lowest BCUT2D eigenvalue weighted by Gasteiger charge is -2.04. The van der Waals surface area contributed by atoms with Gasteiger partial charge in [0.15, 0.2) is 0 Å². The van der Waals surface area contributed by atoms with Crippen molar-refractivity contribution in [2.24, 2.45) is 0 Å². The van der Waals surface area contributed by atoms with Gasteiger partial charge in [0.05, 0.1) is 18.4 Å². The third-order valence-corrected chi connectivity index (χ3v) is 2.25. The molecule has 0 radical (unpaired) electrons. The summed E-state index contributed by atoms with van der Waals surface area (Å²) in [7, 11) is 0. The van der Waals surface area contributed by atoms with Gasteiger partial charge in [0.2, 0.25) is 0 Å². The number of nitrogens with zero attached hydrogens (tertiary/aromatic N) is 2. The molecule has 0 saturated carbocycles. The number of aromatic nitrogens is 2. The molecule has 0 amide bonds. The molecule has 0 fully saturated rings. The minimum atomic E-state index is 0. The number of hydrogen-bond donors (Lipinski definition) is 1. The van der Waals surface area contributed by atoms with Crippen LogP contribution >= 0.6 is 12.4 Å². The monoisotopic (exact) mass is 223 g/mol. The molecule has 0 aliphatic heterocycles. The molecule has 0 aliphatic carbocycles. The van der Waals surface area contributed by atoms with Crippen molar-refractivity contribution < 1.29 is 0 Å². The largest absolute Gasteiger partial charge is 0.396 e. The molecule has 0 spiro atoms. The van der Waals surface area contributed by atoms with Gasteiger partial charge in [-0.3, -0.25) is 4.68 Å². The second-order valence-electron chi connectivity index (χ2n) is 3.40. The first-order chi connectivity index (χ1) is 6.75. The Morgan fingerprint density at radius 1 is 1.33 bits per heavy atom. The highest BCUT2D eigenvalue weighted by Gasteiger charge is 1.99. The van der Waals surface area contributed by atoms with Crippen LogP contribution in [0.3, 0.4) is 0 Å². The molecular formula is C11H14ClN3. The molecule has 80 valence electrons. The van der Waals surface area contributed by atoms with Crippen molar-refractivity contribution in [3.63, 3.8) is 0 Å². The van der Waals surface area contributed by atoms with Gasteiger partial charge in [-0.05, 0) is 18.1 Å². The van der Waals surface area contributed by atoms with Crippen LogP contribution in [0.1, 0.15) is 11.1 Å². The second-order valence-corrected chi connectivity index (χ2v) is 3.40. The molecule has 0 bridgehead atoms. The van der Waals surface area contributed by atoms with Crippen molar-refractivity contribution in [3.05, 3.63) is 47.8 Å². The molecule has 0 atom stereocenters. The van der Waals surface area contributed by atoms with Gasteiger partial charge in [-0.2, -0.15) is 5.10 Å². The van der Waals surface area contributed by atoms with Gasteiger partial charge in [0.25, 0.3) is 0 Å². The van der Waals surface area contributed by atoms with Gasteiger partial charge in [-0.25, -0.2) is 0 Å². The lowest BCUT2D eigenvalue weighted by molar-refractivity contribution is 0.684. The van der Waals surface area contributed by atoms with Crippen LogP contribution in [0.25, 0.3) is 0 Å². The maximum absolute atomic E-state index is 5.59. The Kier molecular flexibility index (Phi) is 3.74. The van der Waals surface area contributed by atoms with E-state index in [-0.39, 0.29) is 12.4 Å². The predicted octanol–water partition coefficient (Wildman–Crippen LogP) is 2.24. The van der Waals surface area contributed by atoms with Crippen molar-refractivity contribution in [2.45, 2.75) is 13.5 Å². The number of rotatable bonds is 2. The fourth-order valence-corrected chi connectivity index (χ4v) is 1.43. The van der Waals surface area contributed by atoms with Gasteiger partial charge in [-0.1, -0.05) is 24.3 Å². The lowest BCUT2D eigenvalue weighted by atomic mass is 10.1. The number of aryl methyl sites for hydroxylation is 1. The van der Waals surface area contributed by atoms with Gasteiger partial charge in [0.1, 0.15) is 0 Å². The van der Waals surface area contributed by atoms with Crippen LogP contribution in [0.4, 0.5) is 5.69 Å². The molecule has 1 aromatic heterocycles. The summed E-state index contributed by atoms with van der Waals surface area (Å²) in [6.07, 6.45) is 3.50. The molecule has 2 aromatic rings. The van der Waals surface area contributed by atoms with Crippen LogP contribution in [-0.2, 0) is 6.54 Å². The van der Waals surface area contributed by atoms with E-state index in [1.165, 1.54) is 11.1 Å². The molecule has 3 nitrogen and oxygen atoms in total. The first-order valence-electron chi connectivity index (χ1n) is 4.58. The maximum atomic E-state index is 5.59. The first kappa shape index (κ1) is 11.6. The highest BCUT2D eigenvalue weighted by Crippen LogP contribution is 2.09. The van der Waals surface area contributed by atoms with E-state index in [0.717, 1.165) is 6.54 Å². The maximum Gasteiger partial charge on any atom is 0.0719 e. The van der Waals surface area contributed by atoms with Crippen LogP contribution in [-0.4, -0.2) is 9.78 Å². The van der Waals surface area contributed by atoms with Gasteiger partial charge < -0.3 is 5.73 Å². The van der Waals surface area contributed by atoms with Crippen LogP contribution in [0, 0.1) is 6.92 Å². The van der Waals surface area contributed by atoms with Crippen LogP contribution in [0.2, 0.25) is 0 Å². The van der Waals surface area contributed by atoms with E-state index in [0.29, 0.717) is 5.69 Å². The van der Waals surface area contributed by atoms with Crippen LogP contribution in [0.15, 0.2) is 36.7 Å². The average Bonchev–Trinajstić information content (AvgIpc) is 2.56. The van der Waals surface area contributed by atoms with E-state index in [9.17, 15) is 0 Å². The summed E-state index contributed by atoms with van der Waals surface area (Å²) in [6, 6.07) is 8.28. The highest BCUT2D eigenvalue weighted by molar-refractivity contribution is 5.85. The number of nitrogens with two attached hydrogens (primary N) is 1. The Morgan fingerprint density at radius 3 is 2.67 bits per heavy atom. The Bertz CT molecular complexity index is 437. The number of hydrogen-bond acceptors (Lipinski definition) is 2. The minimum Gasteiger partial charge on any atom is -0.396 e. The van der Waals surface area contributed by atoms with Gasteiger partial charge >= 0.3 is 0 Å². The van der Waals surface area contributed by atoms with E-state index in [1.807, 2.05) is 23.0 Å². The Labute approximate surface area is 95.3 Å². The molecule has 15 heavy (non-hydrogen) atoms. The van der Waals surface area contributed by atoms with Crippen molar-refractivity contribution in [1.29, 1.82) is 0 Å². The van der Waals surface area contributed by atoms with E-state index < -0.39 is 0 Å². The minimum absolute atomic E-state index is 0. The SMILES string of the molecule is Cc1ccccc1Cn1cc(N)cn1.Cl. The van der Waals surface area contributed by atoms with Crippen molar-refractivity contribution in [2.75, 3.05) is 5.73 Å². The number of benzene rings is 1. The highest BCUT2D eigenvalue weighted by atomic mass is 35.5. The van der Waals surface area contributed by atoms with E-state index in [2.05, 4.69) is 24.2 Å². The van der Waals surface area contributed by atoms with Gasteiger partial charge in [0, 0.05) is 6.20 Å². The second kappa shape index (κ2) is 4.84. The zero-order valence-corrected chi connectivity index (χ0v) is 9.37. The smallest absolute Gasteiger partial charge is 0.0719 e. The van der Waals surface area contributed by atoms with Crippen LogP contribution < -0.4 is 5.73 Å². The zero-order valence-electron chi connectivity index (χ0n) is 8.55. The molecule has 2 N–H and O–H groups in total. The first-order valence-corrected chi connectivity index (χ1v) is 4.58. The molecule has 0 unspecified atom stereocenters. The molecule has 1 aromatic carbocycles. The number of nitrogen functional groups attached to an aromatic ring is 1. The van der Waals surface area contributed by atoms with Crippen LogP contribution in [0.5, 0.6) is 0 Å². The standard InChI is InChI=1S/C11H13N3.ClH/c1-9-4-2-3-5-10(9)7-14-8-11(12)6-13-14;/h2-6,8H,7,12H2,1H3;1H. The topological polar surface area (TPSA) is 43.8 Å². The fourth-order valence-electron chi connectivity index (χ4n) is 1.43. The Hall–Kier alpha value is -1.48. The summed E-state index contributed by atoms with van der Waals surface area (Å²) in [6.45, 7) is 2.88. The molecule has 4 heteroatoms. The summed E-state index contributed by atoms with van der Waals surface area (Å²) in [5.74, 6) is 0. The fraction of sp³-hybridized carbons (Fsp3) is 0.182. The van der Waals surface area contributed by atoms with E-state index in [1.54, 1.807) is 6.20 Å². The van der Waals surface area contributed by atoms with Gasteiger partial charge in [-0.15, -0.1) is 12.4 Å². The summed E-state index contributed by atoms with van der Waals surface area (Å²) in [4.78, 5) is 0. The third-order valence-electron chi connectivity index (χ3n) is 2.25. The molecule has 0 saturated heterocycles. The van der Waals surface area contributed by atoms with Crippen molar-refractivity contribution >= 4 is 18.1 Å². The predicted molar refractivity (Wildman–Crippen MR) is 64.2 cm³/mol. The van der Waals surface area contributed by atoms with Crippen molar-refractivity contribution in [1.82, 2.24) is 9.78 Å². The molecule has 2 rings (SSSR count). The zero-order chi connectivity index (χ0) is 9.97. The number of halogens is 1. The molecule has 1 heterocycles. The summed E-state index contributed by atoms with van der Waals surface area (Å²) in [5, 5.41) is 4.14. The summed E-state index contributed by atoms with van der Waals surface area (Å²) in [5.41, 5.74) is 8.85. The number of anilines is 1. The molecule has 0 aliphatic rings. The van der Waals surface area contributed by atoms with Crippen molar-refractivity contribution in [3.8, 4) is 0 Å². The summed E-state index contributed by atoms with van der Waals surface area (Å²) < 4.78 is 1.84. The van der Waals surface area contributed by atoms with E-state index >= 15 is 0 Å². The third kappa shape index (κ3) is 2.73. The Morgan fingerprint density at radius 2 is 2.07 bits per heavy atom. The Balaban J connectivity index is 0.00000112. The normalized spacial score (nSPS) is 9.67. The van der Waals surface area contributed by atoms with E-state index in [4.69, 9.17) is 5.73 Å². The lowest BCUT2D eigenvalue weighted by Crippen LogP contribution is -2.01. The average molecular weight is 224 g/mol. The summed E-state index contributed by atoms with van der Waals surface area (Å²) >= 11 is 0. The quantitative estimate of drug-likeness (QED) is 0.849. The molecular weight excluding hydrogens is 210 g/mol.